The van der Waals surface area contributed by atoms with Crippen LogP contribution in [-0.4, -0.2) is 4.40 Å². The van der Waals surface area contributed by atoms with E-state index in [0.29, 0.717) is 11.8 Å². The van der Waals surface area contributed by atoms with E-state index in [-0.39, 0.29) is 11.8 Å². The van der Waals surface area contributed by atoms with Gasteiger partial charge in [-0.15, -0.1) is 0 Å². The van der Waals surface area contributed by atoms with Gasteiger partial charge in [0, 0.05) is 49.7 Å². The van der Waals surface area contributed by atoms with Crippen LogP contribution < -0.4 is 0 Å². The zero-order valence-corrected chi connectivity index (χ0v) is 42.3. The fourth-order valence-corrected chi connectivity index (χ4v) is 19.7. The monoisotopic (exact) mass is 977 g/mol. The van der Waals surface area contributed by atoms with E-state index in [1.165, 1.54) is 153 Å². The van der Waals surface area contributed by atoms with Gasteiger partial charge in [0.15, 0.2) is 5.69 Å². The molecule has 2 unspecified atom stereocenters. The molecule has 0 amide bonds. The molecule has 22 rings (SSSR count). The summed E-state index contributed by atoms with van der Waals surface area (Å²) < 4.78 is 2.58. The van der Waals surface area contributed by atoms with E-state index in [4.69, 9.17) is 4.85 Å². The second-order valence-electron chi connectivity index (χ2n) is 24.7. The summed E-state index contributed by atoms with van der Waals surface area (Å²) in [5.41, 5.74) is 27.5. The van der Waals surface area contributed by atoms with E-state index >= 15 is 0 Å². The summed E-state index contributed by atoms with van der Waals surface area (Å²) in [5, 5.41) is 19.5. The molecule has 10 aliphatic rings. The van der Waals surface area contributed by atoms with Crippen LogP contribution in [0, 0.1) is 29.7 Å². The third-order valence-electron chi connectivity index (χ3n) is 21.8. The molecule has 0 aliphatic heterocycles. The molecular formula is C74H47N3. The van der Waals surface area contributed by atoms with Crippen LogP contribution >= 0.6 is 0 Å². The standard InChI is InChI=1S/C74H47N3/c1-76-60-35-62-66(71-70(60)73(56-22-10-6-14-44(56)45-15-7-11-23-57(45)73)37-74(71)58-24-12-8-16-46(58)47-17-9-13-25-59(47)74)55-32-42-31-52-40-27-38-26-39(28-40)30-41(29-38)53(52)34-54(42)67-68-61(77(62)72(55)67)33-43(36-75)63-64-48-18-2-4-20-50(48)65(69(63)68)51-21-5-3-19-49(51)64/h2-25,31-35,38-41,64-65H,26-30,37H2. The zero-order valence-electron chi connectivity index (χ0n) is 42.3. The highest BCUT2D eigenvalue weighted by atomic mass is 14.9. The summed E-state index contributed by atoms with van der Waals surface area (Å²) >= 11 is 0. The first-order valence-corrected chi connectivity index (χ1v) is 28.3. The first-order valence-electron chi connectivity index (χ1n) is 28.3. The highest BCUT2D eigenvalue weighted by Gasteiger charge is 2.63. The molecule has 2 aromatic heterocycles. The Labute approximate surface area is 445 Å². The molecule has 6 bridgehead atoms. The van der Waals surface area contributed by atoms with Crippen LogP contribution in [0.1, 0.15) is 146 Å². The average Bonchev–Trinajstić information content (AvgIpc) is 3.32. The van der Waals surface area contributed by atoms with Gasteiger partial charge in [0.05, 0.1) is 29.2 Å². The number of hydrogen-bond acceptors (Lipinski definition) is 1. The Bertz CT molecular complexity index is 4760. The van der Waals surface area contributed by atoms with Crippen molar-refractivity contribution in [1.29, 1.82) is 5.26 Å². The maximum atomic E-state index is 11.7. The Kier molecular flexibility index (Phi) is 7.07. The summed E-state index contributed by atoms with van der Waals surface area (Å²) in [6.45, 7) is 9.54. The van der Waals surface area contributed by atoms with Crippen LogP contribution in [0.15, 0.2) is 176 Å². The molecule has 2 spiro atoms. The second-order valence-corrected chi connectivity index (χ2v) is 24.7. The lowest BCUT2D eigenvalue weighted by atomic mass is 9.59. The molecule has 358 valence electrons. The molecule has 12 aromatic rings. The highest BCUT2D eigenvalue weighted by Crippen LogP contribution is 2.73. The van der Waals surface area contributed by atoms with Gasteiger partial charge in [-0.05, 0) is 197 Å². The van der Waals surface area contributed by atoms with E-state index in [1.54, 1.807) is 11.1 Å². The smallest absolute Gasteiger partial charge is 0.194 e. The van der Waals surface area contributed by atoms with Gasteiger partial charge in [-0.25, -0.2) is 4.85 Å². The van der Waals surface area contributed by atoms with E-state index in [1.807, 2.05) is 0 Å². The van der Waals surface area contributed by atoms with Crippen molar-refractivity contribution in [2.45, 2.75) is 73.0 Å². The predicted octanol–water partition coefficient (Wildman–Crippen LogP) is 17.8. The first kappa shape index (κ1) is 40.5. The quantitative estimate of drug-likeness (QED) is 0.139. The molecule has 2 fully saturated rings. The van der Waals surface area contributed by atoms with E-state index in [9.17, 15) is 11.8 Å². The minimum absolute atomic E-state index is 0.0297. The van der Waals surface area contributed by atoms with Crippen molar-refractivity contribution in [1.82, 2.24) is 4.40 Å². The van der Waals surface area contributed by atoms with Crippen LogP contribution in [0.2, 0.25) is 0 Å². The molecule has 3 nitrogen and oxygen atoms in total. The molecule has 2 saturated carbocycles. The van der Waals surface area contributed by atoms with Crippen molar-refractivity contribution in [3.63, 3.8) is 0 Å². The van der Waals surface area contributed by atoms with Crippen LogP contribution in [0.3, 0.4) is 0 Å². The van der Waals surface area contributed by atoms with Gasteiger partial charge in [-0.3, -0.25) is 0 Å². The van der Waals surface area contributed by atoms with Gasteiger partial charge in [0.25, 0.3) is 0 Å². The Balaban J connectivity index is 1.03. The van der Waals surface area contributed by atoms with E-state index in [0.717, 1.165) is 46.1 Å². The van der Waals surface area contributed by atoms with Crippen molar-refractivity contribution >= 4 is 54.6 Å². The van der Waals surface area contributed by atoms with Gasteiger partial charge in [0.2, 0.25) is 0 Å². The van der Waals surface area contributed by atoms with Gasteiger partial charge < -0.3 is 4.40 Å². The lowest BCUT2D eigenvalue weighted by molar-refractivity contribution is 0.166. The molecule has 10 aliphatic carbocycles. The minimum atomic E-state index is -0.611. The molecule has 10 aromatic carbocycles. The molecule has 0 saturated heterocycles. The number of hydrogen-bond donors (Lipinski definition) is 0. The molecule has 2 atom stereocenters. The third kappa shape index (κ3) is 4.39. The second kappa shape index (κ2) is 13.4. The average molecular weight is 978 g/mol. The summed E-state index contributed by atoms with van der Waals surface area (Å²) in [7, 11) is 0. The topological polar surface area (TPSA) is 32.6 Å². The number of benzene rings is 10. The third-order valence-corrected chi connectivity index (χ3v) is 21.8. The summed E-state index contributed by atoms with van der Waals surface area (Å²) in [6.07, 6.45) is 7.42. The number of aromatic nitrogens is 1. The largest absolute Gasteiger partial charge is 0.309 e. The molecular weight excluding hydrogens is 931 g/mol. The first-order chi connectivity index (χ1) is 38.1. The maximum Gasteiger partial charge on any atom is 0.194 e. The summed E-state index contributed by atoms with van der Waals surface area (Å²) in [6, 6.07) is 70.3. The SMILES string of the molecule is [C-]#[N+]c1cc2c(c3c1C1(CC34c3ccccc3-c3ccccc34)c3ccccc3-c3ccccc31)c1cc3cc4c(cc3c3c5c6c(c(C#N)cc5n2c13)C1c2ccccc2C6c2ccccc21)C1CC2CC(CC4C2)C1. The Morgan fingerprint density at radius 1 is 0.468 bits per heavy atom. The molecule has 2 heterocycles. The van der Waals surface area contributed by atoms with E-state index in [2.05, 4.69) is 186 Å². The van der Waals surface area contributed by atoms with Crippen LogP contribution in [0.4, 0.5) is 5.69 Å². The minimum Gasteiger partial charge on any atom is -0.309 e. The number of nitriles is 1. The molecule has 77 heavy (non-hydrogen) atoms. The van der Waals surface area contributed by atoms with Crippen LogP contribution in [0.25, 0.3) is 76.0 Å². The predicted molar refractivity (Wildman–Crippen MR) is 308 cm³/mol. The van der Waals surface area contributed by atoms with Gasteiger partial charge in [0.1, 0.15) is 0 Å². The molecule has 0 N–H and O–H groups in total. The van der Waals surface area contributed by atoms with Crippen LogP contribution in [-0.2, 0) is 10.8 Å². The maximum absolute atomic E-state index is 11.7. The van der Waals surface area contributed by atoms with E-state index < -0.39 is 10.8 Å². The summed E-state index contributed by atoms with van der Waals surface area (Å²) in [5.74, 6) is 2.74. The highest BCUT2D eigenvalue weighted by molar-refractivity contribution is 6.33. The van der Waals surface area contributed by atoms with Gasteiger partial charge in [-0.2, -0.15) is 5.26 Å². The molecule has 0 radical (unpaired) electrons. The number of nitrogens with zero attached hydrogens (tertiary/aromatic N) is 3. The van der Waals surface area contributed by atoms with Crippen molar-refractivity contribution < 1.29 is 0 Å². The lowest BCUT2D eigenvalue weighted by Gasteiger charge is -2.43. The van der Waals surface area contributed by atoms with Crippen molar-refractivity contribution in [2.75, 3.05) is 0 Å². The lowest BCUT2D eigenvalue weighted by Crippen LogP contribution is -2.30. The molecule has 3 heteroatoms. The number of rotatable bonds is 0. The van der Waals surface area contributed by atoms with Crippen LogP contribution in [0.5, 0.6) is 0 Å². The Morgan fingerprint density at radius 2 is 0.948 bits per heavy atom. The van der Waals surface area contributed by atoms with Crippen molar-refractivity contribution in [2.24, 2.45) is 11.8 Å². The fraction of sp³-hybridized carbons (Fsp3) is 0.189. The van der Waals surface area contributed by atoms with Crippen molar-refractivity contribution in [3.05, 3.63) is 271 Å². The normalized spacial score (nSPS) is 22.9. The zero-order chi connectivity index (χ0) is 49.9. The van der Waals surface area contributed by atoms with Crippen molar-refractivity contribution in [3.8, 4) is 28.3 Å². The van der Waals surface area contributed by atoms with Gasteiger partial charge in [-0.1, -0.05) is 152 Å². The Hall–Kier alpha value is -8.76. The Morgan fingerprint density at radius 3 is 1.48 bits per heavy atom. The summed E-state index contributed by atoms with van der Waals surface area (Å²) in [4.78, 5) is 4.77. The fourth-order valence-electron chi connectivity index (χ4n) is 19.7. The van der Waals surface area contributed by atoms with Gasteiger partial charge >= 0.3 is 0 Å². The number of fused-ring (bicyclic) bond motifs is 22.